The zero-order chi connectivity index (χ0) is 34.6. The zero-order valence-corrected chi connectivity index (χ0v) is 28.2. The normalized spacial score (nSPS) is 11.6. The molecule has 3 nitrogen and oxygen atoms in total. The molecule has 0 unspecified atom stereocenters. The van der Waals surface area contributed by atoms with Gasteiger partial charge >= 0.3 is 0 Å². The van der Waals surface area contributed by atoms with Gasteiger partial charge in [-0.15, -0.1) is 0 Å². The van der Waals surface area contributed by atoms with E-state index in [1.54, 1.807) is 0 Å². The second-order valence-corrected chi connectivity index (χ2v) is 13.2. The van der Waals surface area contributed by atoms with Crippen molar-refractivity contribution in [2.45, 2.75) is 0 Å². The molecular weight excluding hydrogens is 638 g/mol. The van der Waals surface area contributed by atoms with E-state index in [0.29, 0.717) is 0 Å². The average Bonchev–Trinajstić information content (AvgIpc) is 3.71. The van der Waals surface area contributed by atoms with Gasteiger partial charge in [-0.05, 0) is 102 Å². The molecule has 2 aromatic heterocycles. The van der Waals surface area contributed by atoms with Crippen molar-refractivity contribution in [3.05, 3.63) is 200 Å². The van der Waals surface area contributed by atoms with Crippen molar-refractivity contribution >= 4 is 60.7 Å². The maximum atomic E-state index is 14.1. The van der Waals surface area contributed by atoms with Crippen molar-refractivity contribution in [2.75, 3.05) is 4.90 Å². The lowest BCUT2D eigenvalue weighted by Gasteiger charge is -2.26. The van der Waals surface area contributed by atoms with Gasteiger partial charge in [-0.1, -0.05) is 103 Å². The second kappa shape index (κ2) is 12.1. The molecule has 0 fully saturated rings. The molecule has 0 aliphatic carbocycles. The molecular formula is C48H32FN3. The van der Waals surface area contributed by atoms with Crippen molar-refractivity contribution in [1.29, 1.82) is 0 Å². The summed E-state index contributed by atoms with van der Waals surface area (Å²) in [7, 11) is 0. The number of hydrogen-bond acceptors (Lipinski definition) is 1. The lowest BCUT2D eigenvalue weighted by molar-refractivity contribution is 0.627. The van der Waals surface area contributed by atoms with Crippen LogP contribution in [0.4, 0.5) is 21.5 Å². The van der Waals surface area contributed by atoms with E-state index in [4.69, 9.17) is 0 Å². The summed E-state index contributed by atoms with van der Waals surface area (Å²) in [5.74, 6) is -0.251. The number of anilines is 3. The van der Waals surface area contributed by atoms with Gasteiger partial charge in [-0.2, -0.15) is 0 Å². The quantitative estimate of drug-likeness (QED) is 0.172. The monoisotopic (exact) mass is 669 g/mol. The number of fused-ring (bicyclic) bond motifs is 6. The molecule has 0 atom stereocenters. The Balaban J connectivity index is 1.23. The minimum Gasteiger partial charge on any atom is -0.310 e. The molecule has 0 saturated carbocycles. The molecule has 4 heteroatoms. The molecule has 0 aliphatic rings. The van der Waals surface area contributed by atoms with Gasteiger partial charge in [0.05, 0.1) is 22.1 Å². The van der Waals surface area contributed by atoms with Crippen molar-refractivity contribution < 1.29 is 4.39 Å². The number of nitrogens with zero attached hydrogens (tertiary/aromatic N) is 3. The fourth-order valence-corrected chi connectivity index (χ4v) is 7.82. The van der Waals surface area contributed by atoms with Crippen molar-refractivity contribution in [2.24, 2.45) is 0 Å². The fraction of sp³-hybridized carbons (Fsp3) is 0. The molecule has 0 saturated heterocycles. The van der Waals surface area contributed by atoms with E-state index >= 15 is 0 Å². The molecule has 0 bridgehead atoms. The first kappa shape index (κ1) is 30.0. The third-order valence-electron chi connectivity index (χ3n) is 10.1. The third-order valence-corrected chi connectivity index (χ3v) is 10.1. The SMILES string of the molecule is Fc1ccc(-n2c3ccccc3c3ccc(N(c4cccc(-c5ccccc5)c4)c4ccc5c(c4)c4ccccc4n5-c4ccccc4)cc32)cc1. The summed E-state index contributed by atoms with van der Waals surface area (Å²) in [6, 6.07) is 67.2. The van der Waals surface area contributed by atoms with Gasteiger partial charge in [0.1, 0.15) is 5.82 Å². The maximum absolute atomic E-state index is 14.1. The summed E-state index contributed by atoms with van der Waals surface area (Å²) in [6.45, 7) is 0. The minimum absolute atomic E-state index is 0.251. The Hall–Kier alpha value is -6.91. The third kappa shape index (κ3) is 4.88. The van der Waals surface area contributed by atoms with Gasteiger partial charge in [-0.25, -0.2) is 4.39 Å². The van der Waals surface area contributed by atoms with Crippen LogP contribution >= 0.6 is 0 Å². The summed E-state index contributed by atoms with van der Waals surface area (Å²) < 4.78 is 18.7. The van der Waals surface area contributed by atoms with Crippen molar-refractivity contribution in [3.8, 4) is 22.5 Å². The largest absolute Gasteiger partial charge is 0.310 e. The first-order valence-corrected chi connectivity index (χ1v) is 17.5. The van der Waals surface area contributed by atoms with Crippen LogP contribution in [0.1, 0.15) is 0 Å². The Morgan fingerprint density at radius 2 is 0.846 bits per heavy atom. The molecule has 0 radical (unpaired) electrons. The highest BCUT2D eigenvalue weighted by molar-refractivity contribution is 6.12. The number of hydrogen-bond donors (Lipinski definition) is 0. The van der Waals surface area contributed by atoms with E-state index in [0.717, 1.165) is 66.9 Å². The van der Waals surface area contributed by atoms with Gasteiger partial charge in [0.15, 0.2) is 0 Å². The van der Waals surface area contributed by atoms with E-state index < -0.39 is 0 Å². The Morgan fingerprint density at radius 3 is 1.60 bits per heavy atom. The van der Waals surface area contributed by atoms with Gasteiger partial charge in [0.25, 0.3) is 0 Å². The molecule has 10 rings (SSSR count). The lowest BCUT2D eigenvalue weighted by Crippen LogP contribution is -2.10. The van der Waals surface area contributed by atoms with E-state index in [-0.39, 0.29) is 5.82 Å². The van der Waals surface area contributed by atoms with Gasteiger partial charge in [-0.3, -0.25) is 0 Å². The van der Waals surface area contributed by atoms with Crippen LogP contribution in [0.15, 0.2) is 194 Å². The fourth-order valence-electron chi connectivity index (χ4n) is 7.82. The van der Waals surface area contributed by atoms with Gasteiger partial charge in [0, 0.05) is 50.0 Å². The Labute approximate surface area is 300 Å². The number of para-hydroxylation sites is 3. The maximum Gasteiger partial charge on any atom is 0.123 e. The predicted octanol–water partition coefficient (Wildman–Crippen LogP) is 13.2. The molecule has 52 heavy (non-hydrogen) atoms. The standard InChI is InChI=1S/C48H32FN3/c49-35-22-24-37(25-23-35)52-45-20-9-7-18-41(45)43-28-26-40(32-48(43)52)50(38-17-11-14-34(30-38)33-12-3-1-4-13-33)39-27-29-47-44(31-39)42-19-8-10-21-46(42)51(47)36-15-5-2-6-16-36/h1-32H. The summed E-state index contributed by atoms with van der Waals surface area (Å²) in [6.07, 6.45) is 0. The second-order valence-electron chi connectivity index (χ2n) is 13.2. The molecule has 0 spiro atoms. The van der Waals surface area contributed by atoms with Crippen LogP contribution in [-0.4, -0.2) is 9.13 Å². The van der Waals surface area contributed by atoms with E-state index in [1.807, 2.05) is 12.1 Å². The number of halogens is 1. The van der Waals surface area contributed by atoms with Crippen LogP contribution in [0.25, 0.3) is 66.1 Å². The predicted molar refractivity (Wildman–Crippen MR) is 215 cm³/mol. The first-order chi connectivity index (χ1) is 25.7. The number of rotatable bonds is 6. The molecule has 0 aliphatic heterocycles. The van der Waals surface area contributed by atoms with E-state index in [1.165, 1.54) is 28.4 Å². The van der Waals surface area contributed by atoms with E-state index in [9.17, 15) is 4.39 Å². The average molecular weight is 670 g/mol. The van der Waals surface area contributed by atoms with Gasteiger partial charge < -0.3 is 14.0 Å². The molecule has 246 valence electrons. The highest BCUT2D eigenvalue weighted by Gasteiger charge is 2.20. The zero-order valence-electron chi connectivity index (χ0n) is 28.2. The summed E-state index contributed by atoms with van der Waals surface area (Å²) in [5.41, 5.74) is 11.9. The van der Waals surface area contributed by atoms with Crippen LogP contribution < -0.4 is 4.90 Å². The van der Waals surface area contributed by atoms with Crippen LogP contribution in [0.5, 0.6) is 0 Å². The lowest BCUT2D eigenvalue weighted by atomic mass is 10.0. The number of benzene rings is 8. The summed E-state index contributed by atoms with van der Waals surface area (Å²) in [5, 5.41) is 4.68. The van der Waals surface area contributed by atoms with Crippen LogP contribution in [0.2, 0.25) is 0 Å². The highest BCUT2D eigenvalue weighted by atomic mass is 19.1. The Morgan fingerprint density at radius 1 is 0.327 bits per heavy atom. The molecule has 2 heterocycles. The Kier molecular flexibility index (Phi) is 7.00. The molecule has 10 aromatic rings. The smallest absolute Gasteiger partial charge is 0.123 e. The minimum atomic E-state index is -0.251. The van der Waals surface area contributed by atoms with Gasteiger partial charge in [0.2, 0.25) is 0 Å². The van der Waals surface area contributed by atoms with Crippen LogP contribution in [0, 0.1) is 5.82 Å². The van der Waals surface area contributed by atoms with Crippen molar-refractivity contribution in [3.63, 3.8) is 0 Å². The van der Waals surface area contributed by atoms with Crippen LogP contribution in [0.3, 0.4) is 0 Å². The van der Waals surface area contributed by atoms with E-state index in [2.05, 4.69) is 184 Å². The van der Waals surface area contributed by atoms with Crippen LogP contribution in [-0.2, 0) is 0 Å². The molecule has 0 amide bonds. The number of aromatic nitrogens is 2. The summed E-state index contributed by atoms with van der Waals surface area (Å²) >= 11 is 0. The molecule has 8 aromatic carbocycles. The molecule has 0 N–H and O–H groups in total. The first-order valence-electron chi connectivity index (χ1n) is 17.5. The topological polar surface area (TPSA) is 13.1 Å². The summed E-state index contributed by atoms with van der Waals surface area (Å²) in [4.78, 5) is 2.35. The highest BCUT2D eigenvalue weighted by Crippen LogP contribution is 2.43. The van der Waals surface area contributed by atoms with Crippen molar-refractivity contribution in [1.82, 2.24) is 9.13 Å². The Bertz CT molecular complexity index is 2900.